The summed E-state index contributed by atoms with van der Waals surface area (Å²) in [4.78, 5) is 2.20. The topological polar surface area (TPSA) is 26.3 Å². The lowest BCUT2D eigenvalue weighted by atomic mass is 10.6. The molecule has 1 aliphatic rings. The van der Waals surface area contributed by atoms with Gasteiger partial charge in [0.25, 0.3) is 0 Å². The van der Waals surface area contributed by atoms with E-state index in [1.807, 2.05) is 0 Å². The van der Waals surface area contributed by atoms with Gasteiger partial charge in [-0.2, -0.15) is 0 Å². The third-order valence-corrected chi connectivity index (χ3v) is 2.70. The number of nitrogens with zero attached hydrogens (tertiary/aromatic N) is 1. The lowest BCUT2D eigenvalue weighted by molar-refractivity contribution is 0.374. The zero-order valence-electron chi connectivity index (χ0n) is 5.09. The van der Waals surface area contributed by atoms with Gasteiger partial charge in [0.05, 0.1) is 0 Å². The van der Waals surface area contributed by atoms with Gasteiger partial charge in [0.15, 0.2) is 5.88 Å². The predicted octanol–water partition coefficient (Wildman–Crippen LogP) is 0.0281. The molecule has 1 aliphatic heterocycles. The summed E-state index contributed by atoms with van der Waals surface area (Å²) in [6, 6.07) is 0. The standard InChI is InChI=1S/C5H11NOS/c1-2-6-3-4-8(7)5-6/h2-5H2,1H3. The molecular formula is C5H11NOS. The van der Waals surface area contributed by atoms with Gasteiger partial charge >= 0.3 is 0 Å². The van der Waals surface area contributed by atoms with Crippen molar-refractivity contribution in [3.63, 3.8) is 0 Å². The zero-order chi connectivity index (χ0) is 5.98. The fraction of sp³-hybridized carbons (Fsp3) is 1.00. The highest BCUT2D eigenvalue weighted by atomic mass is 32.2. The Labute approximate surface area is 53.0 Å². The molecule has 0 bridgehead atoms. The van der Waals surface area contributed by atoms with Crippen molar-refractivity contribution in [1.29, 1.82) is 0 Å². The van der Waals surface area contributed by atoms with Crippen molar-refractivity contribution >= 4 is 11.2 Å². The molecule has 2 nitrogen and oxygen atoms in total. The average molecular weight is 133 g/mol. The van der Waals surface area contributed by atoms with Crippen LogP contribution in [-0.2, 0) is 11.2 Å². The average Bonchev–Trinajstić information content (AvgIpc) is 2.14. The molecule has 1 unspecified atom stereocenters. The smallest absolute Gasteiger partial charge is 0.159 e. The van der Waals surface area contributed by atoms with Gasteiger partial charge in [0.1, 0.15) is 5.75 Å². The predicted molar refractivity (Wildman–Crippen MR) is 35.1 cm³/mol. The molecule has 48 valence electrons. The summed E-state index contributed by atoms with van der Waals surface area (Å²) in [5.74, 6) is 1.68. The molecule has 8 heavy (non-hydrogen) atoms. The first kappa shape index (κ1) is 6.39. The van der Waals surface area contributed by atoms with Gasteiger partial charge in [-0.15, -0.1) is 0 Å². The van der Waals surface area contributed by atoms with Crippen molar-refractivity contribution in [3.05, 3.63) is 0 Å². The third-order valence-electron chi connectivity index (χ3n) is 1.41. The molecule has 3 heteroatoms. The Morgan fingerprint density at radius 1 is 1.75 bits per heavy atom. The van der Waals surface area contributed by atoms with E-state index in [9.17, 15) is 4.55 Å². The Morgan fingerprint density at radius 3 is 2.75 bits per heavy atom. The Morgan fingerprint density at radius 2 is 2.50 bits per heavy atom. The molecule has 0 saturated carbocycles. The number of rotatable bonds is 1. The maximum atomic E-state index is 10.7. The SMILES string of the molecule is CCN1CC[S+]([O-])C1. The van der Waals surface area contributed by atoms with Gasteiger partial charge in [-0.3, -0.25) is 4.90 Å². The maximum Gasteiger partial charge on any atom is 0.159 e. The highest BCUT2D eigenvalue weighted by molar-refractivity contribution is 7.91. The molecule has 0 aromatic heterocycles. The van der Waals surface area contributed by atoms with Gasteiger partial charge < -0.3 is 4.55 Å². The van der Waals surface area contributed by atoms with Crippen LogP contribution in [0.1, 0.15) is 6.92 Å². The summed E-state index contributed by atoms with van der Waals surface area (Å²) in [5.41, 5.74) is 0. The summed E-state index contributed by atoms with van der Waals surface area (Å²) >= 11 is -0.527. The van der Waals surface area contributed by atoms with E-state index in [0.29, 0.717) is 0 Å². The second-order valence-corrected chi connectivity index (χ2v) is 3.53. The van der Waals surface area contributed by atoms with Crippen LogP contribution in [0.15, 0.2) is 0 Å². The summed E-state index contributed by atoms with van der Waals surface area (Å²) in [6.45, 7) is 4.18. The molecule has 1 saturated heterocycles. The molecule has 0 aromatic carbocycles. The van der Waals surface area contributed by atoms with Crippen LogP contribution in [0.2, 0.25) is 0 Å². The van der Waals surface area contributed by atoms with Gasteiger partial charge in [-0.05, 0) is 17.7 Å². The minimum Gasteiger partial charge on any atom is -0.615 e. The summed E-state index contributed by atoms with van der Waals surface area (Å²) < 4.78 is 10.7. The lowest BCUT2D eigenvalue weighted by Gasteiger charge is -2.06. The van der Waals surface area contributed by atoms with E-state index in [4.69, 9.17) is 0 Å². The minimum atomic E-state index is -0.527. The lowest BCUT2D eigenvalue weighted by Crippen LogP contribution is -2.19. The monoisotopic (exact) mass is 133 g/mol. The van der Waals surface area contributed by atoms with E-state index in [-0.39, 0.29) is 0 Å². The van der Waals surface area contributed by atoms with Crippen LogP contribution in [0.5, 0.6) is 0 Å². The first-order valence-electron chi connectivity index (χ1n) is 2.90. The van der Waals surface area contributed by atoms with Gasteiger partial charge in [0.2, 0.25) is 0 Å². The van der Waals surface area contributed by atoms with Crippen LogP contribution >= 0.6 is 0 Å². The third kappa shape index (κ3) is 1.37. The van der Waals surface area contributed by atoms with Gasteiger partial charge in [-0.25, -0.2) is 0 Å². The van der Waals surface area contributed by atoms with Crippen LogP contribution in [-0.4, -0.2) is 34.2 Å². The summed E-state index contributed by atoms with van der Waals surface area (Å²) in [6.07, 6.45) is 0. The highest BCUT2D eigenvalue weighted by Crippen LogP contribution is 2.04. The van der Waals surface area contributed by atoms with E-state index in [1.54, 1.807) is 0 Å². The molecule has 1 atom stereocenters. The van der Waals surface area contributed by atoms with Gasteiger partial charge in [-0.1, -0.05) is 6.92 Å². The second kappa shape index (κ2) is 2.71. The van der Waals surface area contributed by atoms with Gasteiger partial charge in [0, 0.05) is 6.54 Å². The first-order chi connectivity index (χ1) is 3.83. The Bertz CT molecular complexity index is 78.8. The Kier molecular flexibility index (Phi) is 2.16. The molecule has 0 spiro atoms. The van der Waals surface area contributed by atoms with Crippen LogP contribution in [0.25, 0.3) is 0 Å². The van der Waals surface area contributed by atoms with Crippen LogP contribution in [0.3, 0.4) is 0 Å². The Hall–Kier alpha value is 0.270. The van der Waals surface area contributed by atoms with E-state index < -0.39 is 11.2 Å². The van der Waals surface area contributed by atoms with Crippen molar-refractivity contribution < 1.29 is 4.55 Å². The van der Waals surface area contributed by atoms with Crippen molar-refractivity contribution in [2.24, 2.45) is 0 Å². The molecule has 0 aliphatic carbocycles. The van der Waals surface area contributed by atoms with Crippen molar-refractivity contribution in [2.45, 2.75) is 6.92 Å². The molecule has 0 radical (unpaired) electrons. The molecular weight excluding hydrogens is 122 g/mol. The van der Waals surface area contributed by atoms with E-state index >= 15 is 0 Å². The number of hydrogen-bond donors (Lipinski definition) is 0. The van der Waals surface area contributed by atoms with Crippen LogP contribution < -0.4 is 0 Å². The molecule has 0 amide bonds. The van der Waals surface area contributed by atoms with Crippen LogP contribution in [0, 0.1) is 0 Å². The van der Waals surface area contributed by atoms with E-state index in [2.05, 4.69) is 11.8 Å². The summed E-state index contributed by atoms with van der Waals surface area (Å²) in [7, 11) is 0. The van der Waals surface area contributed by atoms with E-state index in [0.717, 1.165) is 24.7 Å². The fourth-order valence-electron chi connectivity index (χ4n) is 0.813. The first-order valence-corrected chi connectivity index (χ1v) is 4.39. The Balaban J connectivity index is 2.22. The number of hydrogen-bond acceptors (Lipinski definition) is 2. The normalized spacial score (nSPS) is 31.5. The maximum absolute atomic E-state index is 10.7. The van der Waals surface area contributed by atoms with Crippen molar-refractivity contribution in [1.82, 2.24) is 4.90 Å². The molecule has 0 aromatic rings. The molecule has 1 fully saturated rings. The zero-order valence-corrected chi connectivity index (χ0v) is 5.91. The summed E-state index contributed by atoms with van der Waals surface area (Å²) in [5, 5.41) is 0. The minimum absolute atomic E-state index is 0.527. The van der Waals surface area contributed by atoms with Crippen LogP contribution in [0.4, 0.5) is 0 Å². The molecule has 1 heterocycles. The second-order valence-electron chi connectivity index (χ2n) is 1.98. The largest absolute Gasteiger partial charge is 0.615 e. The van der Waals surface area contributed by atoms with Crippen molar-refractivity contribution in [3.8, 4) is 0 Å². The van der Waals surface area contributed by atoms with E-state index in [1.165, 1.54) is 0 Å². The quantitative estimate of drug-likeness (QED) is 0.472. The molecule has 1 rings (SSSR count). The molecule has 0 N–H and O–H groups in total. The van der Waals surface area contributed by atoms with Crippen molar-refractivity contribution in [2.75, 3.05) is 24.7 Å². The fourth-order valence-corrected chi connectivity index (χ4v) is 2.12. The highest BCUT2D eigenvalue weighted by Gasteiger charge is 2.20.